The van der Waals surface area contributed by atoms with E-state index in [1.54, 1.807) is 6.92 Å². The normalized spacial score (nSPS) is 37.6. The van der Waals surface area contributed by atoms with Crippen molar-refractivity contribution in [2.75, 3.05) is 6.67 Å². The summed E-state index contributed by atoms with van der Waals surface area (Å²) < 4.78 is 0. The van der Waals surface area contributed by atoms with E-state index in [2.05, 4.69) is 24.5 Å². The lowest BCUT2D eigenvalue weighted by Gasteiger charge is -2.62. The van der Waals surface area contributed by atoms with Gasteiger partial charge >= 0.3 is 0 Å². The number of carbonyl (C=O) groups is 2. The molecule has 0 spiro atoms. The van der Waals surface area contributed by atoms with Gasteiger partial charge in [-0.1, -0.05) is 40.5 Å². The number of fused-ring (bicyclic) bond motifs is 5. The quantitative estimate of drug-likeness (QED) is 0.219. The van der Waals surface area contributed by atoms with E-state index in [-0.39, 0.29) is 30.0 Å². The Balaban J connectivity index is 0.00000216. The average molecular weight is 564 g/mol. The Morgan fingerprint density at radius 1 is 1.05 bits per heavy atom. The van der Waals surface area contributed by atoms with E-state index in [1.165, 1.54) is 44.9 Å². The molecule has 4 aliphatic rings. The van der Waals surface area contributed by atoms with Crippen molar-refractivity contribution in [2.45, 2.75) is 142 Å². The zero-order valence-electron chi connectivity index (χ0n) is 26.1. The minimum Gasteiger partial charge on any atom is -0.393 e. The van der Waals surface area contributed by atoms with Crippen LogP contribution in [0.5, 0.6) is 0 Å². The molecule has 232 valence electrons. The number of nitrogens with one attached hydrogen (secondary N) is 2. The molecule has 4 saturated carbocycles. The predicted molar refractivity (Wildman–Crippen MR) is 162 cm³/mol. The highest BCUT2D eigenvalue weighted by Crippen LogP contribution is 2.67. The van der Waals surface area contributed by atoms with Crippen LogP contribution in [-0.4, -0.2) is 41.4 Å². The van der Waals surface area contributed by atoms with Crippen LogP contribution in [0.2, 0.25) is 0 Å². The van der Waals surface area contributed by atoms with Gasteiger partial charge in [-0.25, -0.2) is 0 Å². The van der Waals surface area contributed by atoms with E-state index in [1.807, 2.05) is 13.8 Å². The van der Waals surface area contributed by atoms with Crippen LogP contribution >= 0.6 is 0 Å². The van der Waals surface area contributed by atoms with E-state index in [4.69, 9.17) is 17.2 Å². The van der Waals surface area contributed by atoms with Crippen LogP contribution in [-0.2, 0) is 9.59 Å². The molecular weight excluding hydrogens is 502 g/mol. The summed E-state index contributed by atoms with van der Waals surface area (Å²) in [5.41, 5.74) is 16.7. The van der Waals surface area contributed by atoms with Crippen molar-refractivity contribution in [3.63, 3.8) is 0 Å². The molecule has 8 nitrogen and oxygen atoms in total. The number of hydrogen-bond acceptors (Lipinski definition) is 6. The number of hydrogen-bond donors (Lipinski definition) is 6. The Kier molecular flexibility index (Phi) is 11.5. The summed E-state index contributed by atoms with van der Waals surface area (Å²) >= 11 is 0. The van der Waals surface area contributed by atoms with E-state index in [0.717, 1.165) is 37.5 Å². The lowest BCUT2D eigenvalue weighted by atomic mass is 9.44. The van der Waals surface area contributed by atoms with Crippen LogP contribution in [0.25, 0.3) is 0 Å². The minimum atomic E-state index is -0.909. The molecule has 0 saturated heterocycles. The first-order valence-electron chi connectivity index (χ1n) is 16.4. The molecule has 0 heterocycles. The third kappa shape index (κ3) is 7.04. The second kappa shape index (κ2) is 13.8. The summed E-state index contributed by atoms with van der Waals surface area (Å²) in [5, 5.41) is 17.1. The summed E-state index contributed by atoms with van der Waals surface area (Å²) in [6.07, 6.45) is 14.1. The molecular formula is C32H61N5O3. The maximum absolute atomic E-state index is 12.8. The Morgan fingerprint density at radius 2 is 1.77 bits per heavy atom. The van der Waals surface area contributed by atoms with Gasteiger partial charge in [0.1, 0.15) is 6.04 Å². The summed E-state index contributed by atoms with van der Waals surface area (Å²) in [5.74, 6) is 2.86. The Morgan fingerprint density at radius 3 is 2.45 bits per heavy atom. The van der Waals surface area contributed by atoms with Gasteiger partial charge in [0.05, 0.1) is 18.4 Å². The average Bonchev–Trinajstić information content (AvgIpc) is 3.25. The van der Waals surface area contributed by atoms with Crippen molar-refractivity contribution in [3.05, 3.63) is 0 Å². The molecule has 0 aliphatic heterocycles. The SMILES string of the molecule is CC.CC(N)(N)CCC(NC(=O)CCCC1CCC2C3CCC4CCCC[C@@]4(C)C3CC(O)C12C)C(=O)NCN. The number of aliphatic hydroxyl groups excluding tert-OH is 1. The first-order valence-corrected chi connectivity index (χ1v) is 16.4. The van der Waals surface area contributed by atoms with Gasteiger partial charge in [-0.3, -0.25) is 9.59 Å². The van der Waals surface area contributed by atoms with Crippen LogP contribution < -0.4 is 27.8 Å². The van der Waals surface area contributed by atoms with E-state index < -0.39 is 11.7 Å². The van der Waals surface area contributed by atoms with Gasteiger partial charge in [-0.05, 0) is 118 Å². The first kappa shape index (κ1) is 33.3. The highest BCUT2D eigenvalue weighted by atomic mass is 16.3. The lowest BCUT2D eigenvalue weighted by molar-refractivity contribution is -0.164. The molecule has 0 aromatic carbocycles. The van der Waals surface area contributed by atoms with Gasteiger partial charge < -0.3 is 32.9 Å². The van der Waals surface area contributed by atoms with Crippen LogP contribution in [0.3, 0.4) is 0 Å². The van der Waals surface area contributed by atoms with Crippen LogP contribution in [0.1, 0.15) is 125 Å². The standard InChI is InChI=1S/C30H55N5O3.C2H6/c1-28-15-5-4-7-19(28)10-12-21-22-13-11-20(30(22,3)25(36)17-23(21)28)8-6-9-26(37)35-24(27(38)34-18-31)14-16-29(2,32)33;1-2/h19-25,36H,4-18,31-33H2,1-3H3,(H,34,38)(H,35,37);1-2H3/t19?,20?,21?,22?,23?,24?,25?,28-,30?;/m1./s1. The number of rotatable bonds is 10. The fraction of sp³-hybridized carbons (Fsp3) is 0.938. The van der Waals surface area contributed by atoms with Crippen molar-refractivity contribution in [1.82, 2.24) is 10.6 Å². The largest absolute Gasteiger partial charge is 0.393 e. The van der Waals surface area contributed by atoms with E-state index in [0.29, 0.717) is 42.4 Å². The number of nitrogens with two attached hydrogens (primary N) is 3. The summed E-state index contributed by atoms with van der Waals surface area (Å²) in [4.78, 5) is 25.2. The van der Waals surface area contributed by atoms with Crippen molar-refractivity contribution in [1.29, 1.82) is 0 Å². The van der Waals surface area contributed by atoms with Crippen LogP contribution in [0.15, 0.2) is 0 Å². The number of carbonyl (C=O) groups excluding carboxylic acids is 2. The number of aliphatic hydroxyl groups is 1. The first-order chi connectivity index (χ1) is 18.9. The topological polar surface area (TPSA) is 156 Å². The molecule has 9 N–H and O–H groups in total. The monoisotopic (exact) mass is 563 g/mol. The van der Waals surface area contributed by atoms with Crippen molar-refractivity contribution >= 4 is 11.8 Å². The summed E-state index contributed by atoms with van der Waals surface area (Å²) in [6, 6.07) is -0.695. The second-order valence-electron chi connectivity index (χ2n) is 14.1. The highest BCUT2D eigenvalue weighted by Gasteiger charge is 2.62. The maximum Gasteiger partial charge on any atom is 0.243 e. The van der Waals surface area contributed by atoms with Crippen molar-refractivity contribution in [3.8, 4) is 0 Å². The molecule has 4 fully saturated rings. The Bertz CT molecular complexity index is 847. The molecule has 40 heavy (non-hydrogen) atoms. The third-order valence-electron chi connectivity index (χ3n) is 11.7. The zero-order valence-corrected chi connectivity index (χ0v) is 26.1. The van der Waals surface area contributed by atoms with Crippen LogP contribution in [0.4, 0.5) is 0 Å². The molecule has 9 atom stereocenters. The molecule has 0 radical (unpaired) electrons. The minimum absolute atomic E-state index is 0.0130. The molecule has 0 bridgehead atoms. The fourth-order valence-corrected chi connectivity index (χ4v) is 9.58. The molecule has 0 aromatic rings. The van der Waals surface area contributed by atoms with Gasteiger partial charge in [0.2, 0.25) is 11.8 Å². The highest BCUT2D eigenvalue weighted by molar-refractivity contribution is 5.87. The van der Waals surface area contributed by atoms with Crippen molar-refractivity contribution in [2.24, 2.45) is 57.6 Å². The molecule has 8 unspecified atom stereocenters. The smallest absolute Gasteiger partial charge is 0.243 e. The summed E-state index contributed by atoms with van der Waals surface area (Å²) in [7, 11) is 0. The van der Waals surface area contributed by atoms with Gasteiger partial charge in [0.25, 0.3) is 0 Å². The Labute approximate surface area is 243 Å². The molecule has 2 amide bonds. The van der Waals surface area contributed by atoms with Gasteiger partial charge in [-0.15, -0.1) is 0 Å². The summed E-state index contributed by atoms with van der Waals surface area (Å²) in [6.45, 7) is 10.6. The predicted octanol–water partition coefficient (Wildman–Crippen LogP) is 4.13. The van der Waals surface area contributed by atoms with Gasteiger partial charge in [0, 0.05) is 6.42 Å². The number of amides is 2. The van der Waals surface area contributed by atoms with Crippen molar-refractivity contribution < 1.29 is 14.7 Å². The zero-order chi connectivity index (χ0) is 29.7. The fourth-order valence-electron chi connectivity index (χ4n) is 9.58. The van der Waals surface area contributed by atoms with Gasteiger partial charge in [-0.2, -0.15) is 0 Å². The maximum atomic E-state index is 12.8. The Hall–Kier alpha value is -1.22. The van der Waals surface area contributed by atoms with E-state index >= 15 is 0 Å². The van der Waals surface area contributed by atoms with Crippen LogP contribution in [0, 0.1) is 40.4 Å². The molecule has 4 aliphatic carbocycles. The molecule has 8 heteroatoms. The van der Waals surface area contributed by atoms with E-state index in [9.17, 15) is 14.7 Å². The molecule has 4 rings (SSSR count). The second-order valence-corrected chi connectivity index (χ2v) is 14.1. The lowest BCUT2D eigenvalue weighted by Crippen LogP contribution is -2.57. The van der Waals surface area contributed by atoms with Gasteiger partial charge in [0.15, 0.2) is 0 Å². The molecule has 0 aromatic heterocycles. The third-order valence-corrected chi connectivity index (χ3v) is 11.7.